The molecule has 0 unspecified atom stereocenters. The molecule has 2 aromatic carbocycles. The van der Waals surface area contributed by atoms with Crippen LogP contribution in [0.4, 0.5) is 5.69 Å². The van der Waals surface area contributed by atoms with E-state index in [1.807, 2.05) is 6.07 Å². The van der Waals surface area contributed by atoms with Crippen molar-refractivity contribution in [2.75, 3.05) is 6.61 Å². The number of nitro groups is 1. The molecule has 2 rings (SSSR count). The highest BCUT2D eigenvalue weighted by Gasteiger charge is 2.09. The molecule has 0 radical (unpaired) electrons. The van der Waals surface area contributed by atoms with Crippen molar-refractivity contribution in [1.82, 2.24) is 0 Å². The van der Waals surface area contributed by atoms with Gasteiger partial charge >= 0.3 is 0 Å². The molecule has 21 heavy (non-hydrogen) atoms. The van der Waals surface area contributed by atoms with Crippen molar-refractivity contribution in [3.05, 3.63) is 69.8 Å². The van der Waals surface area contributed by atoms with Crippen molar-refractivity contribution in [1.29, 1.82) is 5.26 Å². The third kappa shape index (κ3) is 3.64. The largest absolute Gasteiger partial charge is 0.485 e. The van der Waals surface area contributed by atoms with Crippen LogP contribution in [0.3, 0.4) is 0 Å². The molecule has 6 nitrogen and oxygen atoms in total. The molecule has 0 fully saturated rings. The lowest BCUT2D eigenvalue weighted by atomic mass is 10.1. The molecule has 0 saturated carbocycles. The van der Waals surface area contributed by atoms with E-state index in [2.05, 4.69) is 0 Å². The Morgan fingerprint density at radius 1 is 1.24 bits per heavy atom. The van der Waals surface area contributed by atoms with Gasteiger partial charge in [-0.15, -0.1) is 0 Å². The lowest BCUT2D eigenvalue weighted by Gasteiger charge is -2.05. The summed E-state index contributed by atoms with van der Waals surface area (Å²) in [5.74, 6) is -0.0165. The Hall–Kier alpha value is -3.20. The minimum Gasteiger partial charge on any atom is -0.485 e. The molecular weight excluding hydrogens is 272 g/mol. The Balaban J connectivity index is 2.02. The number of Topliss-reactive ketones (excluding diaryl/α,β-unsaturated/α-hetero) is 1. The molecule has 0 heterocycles. The minimum atomic E-state index is -0.532. The fourth-order valence-electron chi connectivity index (χ4n) is 1.65. The average Bonchev–Trinajstić information content (AvgIpc) is 2.53. The quantitative estimate of drug-likeness (QED) is 0.477. The maximum Gasteiger partial charge on any atom is 0.273 e. The number of carbonyl (C=O) groups excluding carboxylic acids is 1. The number of ketones is 1. The molecule has 0 spiro atoms. The van der Waals surface area contributed by atoms with Crippen LogP contribution in [0, 0.1) is 21.4 Å². The zero-order chi connectivity index (χ0) is 15.2. The van der Waals surface area contributed by atoms with Gasteiger partial charge in [0.2, 0.25) is 0 Å². The molecule has 2 aromatic rings. The van der Waals surface area contributed by atoms with Crippen molar-refractivity contribution in [2.45, 2.75) is 0 Å². The molecule has 0 aliphatic carbocycles. The van der Waals surface area contributed by atoms with Crippen molar-refractivity contribution >= 4 is 11.5 Å². The molecular formula is C15H10N2O4. The first-order valence-electron chi connectivity index (χ1n) is 6.01. The number of benzene rings is 2. The second-order valence-electron chi connectivity index (χ2n) is 4.16. The van der Waals surface area contributed by atoms with Gasteiger partial charge in [-0.1, -0.05) is 6.07 Å². The summed E-state index contributed by atoms with van der Waals surface area (Å²) in [6.45, 7) is -0.229. The van der Waals surface area contributed by atoms with Gasteiger partial charge in [-0.2, -0.15) is 5.26 Å². The van der Waals surface area contributed by atoms with Gasteiger partial charge in [0.25, 0.3) is 5.69 Å². The third-order valence-electron chi connectivity index (χ3n) is 2.73. The molecule has 0 atom stereocenters. The highest BCUT2D eigenvalue weighted by molar-refractivity contribution is 5.97. The van der Waals surface area contributed by atoms with Crippen LogP contribution in [-0.4, -0.2) is 17.3 Å². The van der Waals surface area contributed by atoms with E-state index in [9.17, 15) is 14.9 Å². The summed E-state index contributed by atoms with van der Waals surface area (Å²) in [6, 6.07) is 13.7. The zero-order valence-electron chi connectivity index (χ0n) is 10.9. The van der Waals surface area contributed by atoms with E-state index in [0.717, 1.165) is 0 Å². The van der Waals surface area contributed by atoms with Crippen LogP contribution in [-0.2, 0) is 0 Å². The average molecular weight is 282 g/mol. The van der Waals surface area contributed by atoms with Gasteiger partial charge < -0.3 is 4.74 Å². The summed E-state index contributed by atoms with van der Waals surface area (Å²) in [5.41, 5.74) is 0.781. The molecule has 0 bridgehead atoms. The van der Waals surface area contributed by atoms with Crippen molar-refractivity contribution in [3.63, 3.8) is 0 Å². The normalized spacial score (nSPS) is 9.67. The van der Waals surface area contributed by atoms with Gasteiger partial charge in [-0.3, -0.25) is 14.9 Å². The van der Waals surface area contributed by atoms with Crippen molar-refractivity contribution < 1.29 is 14.5 Å². The summed E-state index contributed by atoms with van der Waals surface area (Å²) in [7, 11) is 0. The van der Waals surface area contributed by atoms with Gasteiger partial charge in [0.1, 0.15) is 5.75 Å². The van der Waals surface area contributed by atoms with E-state index in [1.165, 1.54) is 30.3 Å². The maximum absolute atomic E-state index is 11.9. The van der Waals surface area contributed by atoms with E-state index in [1.54, 1.807) is 18.2 Å². The summed E-state index contributed by atoms with van der Waals surface area (Å²) in [4.78, 5) is 22.0. The standard InChI is InChI=1S/C15H10N2O4/c16-9-11-4-6-12(7-5-11)15(18)10-21-14-3-1-2-13(8-14)17(19)20/h1-8H,10H2. The second kappa shape index (κ2) is 6.30. The second-order valence-corrected chi connectivity index (χ2v) is 4.16. The molecule has 0 aromatic heterocycles. The summed E-state index contributed by atoms with van der Waals surface area (Å²) < 4.78 is 5.25. The Bertz CT molecular complexity index is 717. The van der Waals surface area contributed by atoms with Gasteiger partial charge in [-0.25, -0.2) is 0 Å². The van der Waals surface area contributed by atoms with Crippen LogP contribution in [0.15, 0.2) is 48.5 Å². The lowest BCUT2D eigenvalue weighted by molar-refractivity contribution is -0.384. The number of hydrogen-bond acceptors (Lipinski definition) is 5. The predicted molar refractivity (Wildman–Crippen MR) is 74.1 cm³/mol. The first-order valence-corrected chi connectivity index (χ1v) is 6.01. The fraction of sp³-hybridized carbons (Fsp3) is 0.0667. The number of non-ortho nitro benzene ring substituents is 1. The van der Waals surface area contributed by atoms with Gasteiger partial charge in [-0.05, 0) is 30.3 Å². The van der Waals surface area contributed by atoms with E-state index < -0.39 is 4.92 Å². The van der Waals surface area contributed by atoms with Gasteiger partial charge in [0.15, 0.2) is 12.4 Å². The Kier molecular flexibility index (Phi) is 4.26. The van der Waals surface area contributed by atoms with Crippen molar-refractivity contribution in [2.24, 2.45) is 0 Å². The lowest BCUT2D eigenvalue weighted by Crippen LogP contribution is -2.11. The van der Waals surface area contributed by atoms with Crippen LogP contribution in [0.1, 0.15) is 15.9 Å². The molecule has 0 saturated heterocycles. The van der Waals surface area contributed by atoms with E-state index in [0.29, 0.717) is 11.1 Å². The first kappa shape index (κ1) is 14.2. The van der Waals surface area contributed by atoms with Gasteiger partial charge in [0, 0.05) is 11.6 Å². The van der Waals surface area contributed by atoms with Crippen LogP contribution < -0.4 is 4.74 Å². The number of nitro benzene ring substituents is 1. The van der Waals surface area contributed by atoms with E-state index in [4.69, 9.17) is 10.00 Å². The minimum absolute atomic E-state index is 0.0988. The van der Waals surface area contributed by atoms with Gasteiger partial charge in [0.05, 0.1) is 22.6 Å². The predicted octanol–water partition coefficient (Wildman–Crippen LogP) is 2.73. The Morgan fingerprint density at radius 3 is 2.57 bits per heavy atom. The van der Waals surface area contributed by atoms with E-state index >= 15 is 0 Å². The molecule has 6 heteroatoms. The smallest absolute Gasteiger partial charge is 0.273 e. The first-order chi connectivity index (χ1) is 10.1. The number of ether oxygens (including phenoxy) is 1. The molecule has 104 valence electrons. The van der Waals surface area contributed by atoms with Crippen molar-refractivity contribution in [3.8, 4) is 11.8 Å². The number of nitriles is 1. The zero-order valence-corrected chi connectivity index (χ0v) is 10.9. The van der Waals surface area contributed by atoms with Crippen LogP contribution in [0.5, 0.6) is 5.75 Å². The fourth-order valence-corrected chi connectivity index (χ4v) is 1.65. The van der Waals surface area contributed by atoms with Crippen LogP contribution in [0.25, 0.3) is 0 Å². The highest BCUT2D eigenvalue weighted by Crippen LogP contribution is 2.19. The summed E-state index contributed by atoms with van der Waals surface area (Å²) in [6.07, 6.45) is 0. The topological polar surface area (TPSA) is 93.2 Å². The maximum atomic E-state index is 11.9. The molecule has 0 aliphatic rings. The highest BCUT2D eigenvalue weighted by atomic mass is 16.6. The van der Waals surface area contributed by atoms with E-state index in [-0.39, 0.29) is 23.8 Å². The van der Waals surface area contributed by atoms with Crippen LogP contribution in [0.2, 0.25) is 0 Å². The summed E-state index contributed by atoms with van der Waals surface area (Å²) in [5, 5.41) is 19.3. The summed E-state index contributed by atoms with van der Waals surface area (Å²) >= 11 is 0. The number of rotatable bonds is 5. The van der Waals surface area contributed by atoms with Crippen LogP contribution >= 0.6 is 0 Å². The molecule has 0 aliphatic heterocycles. The molecule has 0 N–H and O–H groups in total. The third-order valence-corrected chi connectivity index (χ3v) is 2.73. The number of carbonyl (C=O) groups is 1. The SMILES string of the molecule is N#Cc1ccc(C(=O)COc2cccc([N+](=O)[O-])c2)cc1. The Labute approximate surface area is 120 Å². The number of hydrogen-bond donors (Lipinski definition) is 0. The molecule has 0 amide bonds. The monoisotopic (exact) mass is 282 g/mol. The Morgan fingerprint density at radius 2 is 1.95 bits per heavy atom. The number of nitrogens with zero attached hydrogens (tertiary/aromatic N) is 2.